The third-order valence-corrected chi connectivity index (χ3v) is 6.70. The van der Waals surface area contributed by atoms with Crippen molar-refractivity contribution in [2.75, 3.05) is 26.2 Å². The Kier molecular flexibility index (Phi) is 4.50. The van der Waals surface area contributed by atoms with Crippen molar-refractivity contribution < 1.29 is 9.90 Å². The Labute approximate surface area is 139 Å². The van der Waals surface area contributed by atoms with E-state index in [4.69, 9.17) is 0 Å². The molecule has 0 radical (unpaired) electrons. The lowest BCUT2D eigenvalue weighted by Gasteiger charge is -2.45. The monoisotopic (exact) mass is 321 g/mol. The van der Waals surface area contributed by atoms with E-state index in [1.165, 1.54) is 32.1 Å². The summed E-state index contributed by atoms with van der Waals surface area (Å²) in [6.07, 6.45) is 9.68. The zero-order valence-corrected chi connectivity index (χ0v) is 14.1. The molecule has 23 heavy (non-hydrogen) atoms. The van der Waals surface area contributed by atoms with E-state index in [1.807, 2.05) is 4.90 Å². The molecule has 2 heterocycles. The zero-order chi connectivity index (χ0) is 15.8. The number of amides is 2. The number of aliphatic hydroxyl groups excluding tert-OH is 1. The van der Waals surface area contributed by atoms with Crippen LogP contribution >= 0.6 is 0 Å². The fourth-order valence-electron chi connectivity index (χ4n) is 5.35. The lowest BCUT2D eigenvalue weighted by molar-refractivity contribution is -0.0369. The molecule has 2 saturated heterocycles. The van der Waals surface area contributed by atoms with Crippen LogP contribution in [0.4, 0.5) is 4.79 Å². The number of hydrogen-bond acceptors (Lipinski definition) is 3. The van der Waals surface area contributed by atoms with Crippen LogP contribution in [0.15, 0.2) is 0 Å². The summed E-state index contributed by atoms with van der Waals surface area (Å²) < 4.78 is 0. The summed E-state index contributed by atoms with van der Waals surface area (Å²) >= 11 is 0. The van der Waals surface area contributed by atoms with E-state index >= 15 is 0 Å². The van der Waals surface area contributed by atoms with Gasteiger partial charge in [0, 0.05) is 50.1 Å². The maximum absolute atomic E-state index is 12.6. The molecular formula is C18H31N3O2. The Balaban J connectivity index is 1.29. The van der Waals surface area contributed by atoms with Gasteiger partial charge in [-0.25, -0.2) is 4.79 Å². The highest BCUT2D eigenvalue weighted by Crippen LogP contribution is 2.35. The standard InChI is InChI=1S/C18H31N3O2/c22-17-13-4-3-5-14(17)11-21(10-13)18(23)19-15-8-9-20(12-15)16-6-1-2-7-16/h13-17,22H,1-12H2,(H,19,23)/t13-,14+,15-,17?/m0/s1. The van der Waals surface area contributed by atoms with Gasteiger partial charge in [0.1, 0.15) is 0 Å². The molecule has 2 saturated carbocycles. The van der Waals surface area contributed by atoms with Crippen LogP contribution in [0.25, 0.3) is 0 Å². The van der Waals surface area contributed by atoms with Crippen LogP contribution in [-0.2, 0) is 0 Å². The molecule has 130 valence electrons. The Bertz CT molecular complexity index is 424. The second-order valence-corrected chi connectivity index (χ2v) is 8.21. The van der Waals surface area contributed by atoms with Crippen molar-refractivity contribution in [1.82, 2.24) is 15.1 Å². The fourth-order valence-corrected chi connectivity index (χ4v) is 5.35. The van der Waals surface area contributed by atoms with Gasteiger partial charge in [-0.2, -0.15) is 0 Å². The number of urea groups is 1. The highest BCUT2D eigenvalue weighted by molar-refractivity contribution is 5.74. The van der Waals surface area contributed by atoms with E-state index in [-0.39, 0.29) is 12.1 Å². The summed E-state index contributed by atoms with van der Waals surface area (Å²) in [6, 6.07) is 1.18. The second-order valence-electron chi connectivity index (χ2n) is 8.21. The first kappa shape index (κ1) is 15.7. The smallest absolute Gasteiger partial charge is 0.317 e. The van der Waals surface area contributed by atoms with E-state index in [9.17, 15) is 9.90 Å². The van der Waals surface area contributed by atoms with Crippen molar-refractivity contribution in [1.29, 1.82) is 0 Å². The van der Waals surface area contributed by atoms with Crippen molar-refractivity contribution >= 4 is 6.03 Å². The quantitative estimate of drug-likeness (QED) is 0.815. The Morgan fingerprint density at radius 2 is 1.61 bits per heavy atom. The predicted octanol–water partition coefficient (Wildman–Crippen LogP) is 1.81. The van der Waals surface area contributed by atoms with Gasteiger partial charge in [0.05, 0.1) is 6.10 Å². The molecule has 2 aliphatic carbocycles. The Morgan fingerprint density at radius 1 is 0.913 bits per heavy atom. The van der Waals surface area contributed by atoms with Gasteiger partial charge in [-0.1, -0.05) is 19.3 Å². The van der Waals surface area contributed by atoms with Gasteiger partial charge < -0.3 is 15.3 Å². The number of carbonyl (C=O) groups excluding carboxylic acids is 1. The highest BCUT2D eigenvalue weighted by Gasteiger charge is 2.40. The van der Waals surface area contributed by atoms with Gasteiger partial charge in [-0.15, -0.1) is 0 Å². The minimum Gasteiger partial charge on any atom is -0.392 e. The van der Waals surface area contributed by atoms with Crippen LogP contribution in [0, 0.1) is 11.8 Å². The maximum Gasteiger partial charge on any atom is 0.317 e. The summed E-state index contributed by atoms with van der Waals surface area (Å²) in [6.45, 7) is 3.64. The highest BCUT2D eigenvalue weighted by atomic mass is 16.3. The number of aliphatic hydroxyl groups is 1. The van der Waals surface area contributed by atoms with Crippen molar-refractivity contribution in [3.63, 3.8) is 0 Å². The molecule has 2 amide bonds. The first-order valence-electron chi connectivity index (χ1n) is 9.68. The number of likely N-dealkylation sites (tertiary alicyclic amines) is 2. The molecule has 0 spiro atoms. The number of piperidine rings is 1. The topological polar surface area (TPSA) is 55.8 Å². The number of carbonyl (C=O) groups is 1. The number of nitrogens with zero attached hydrogens (tertiary/aromatic N) is 2. The largest absolute Gasteiger partial charge is 0.392 e. The molecule has 4 fully saturated rings. The molecule has 4 rings (SSSR count). The molecule has 4 aliphatic rings. The molecule has 2 bridgehead atoms. The molecule has 4 atom stereocenters. The third kappa shape index (κ3) is 3.22. The van der Waals surface area contributed by atoms with E-state index < -0.39 is 0 Å². The van der Waals surface area contributed by atoms with Gasteiger partial charge in [0.2, 0.25) is 0 Å². The molecule has 2 aliphatic heterocycles. The minimum absolute atomic E-state index is 0.104. The summed E-state index contributed by atoms with van der Waals surface area (Å²) in [5.41, 5.74) is 0. The average molecular weight is 321 g/mol. The van der Waals surface area contributed by atoms with Crippen molar-refractivity contribution in [2.24, 2.45) is 11.8 Å². The Hall–Kier alpha value is -0.810. The number of nitrogens with one attached hydrogen (secondary N) is 1. The van der Waals surface area contributed by atoms with Gasteiger partial charge in [0.25, 0.3) is 0 Å². The van der Waals surface area contributed by atoms with Gasteiger partial charge in [0.15, 0.2) is 0 Å². The van der Waals surface area contributed by atoms with Crippen molar-refractivity contribution in [3.8, 4) is 0 Å². The minimum atomic E-state index is -0.183. The maximum atomic E-state index is 12.6. The van der Waals surface area contributed by atoms with E-state index in [1.54, 1.807) is 0 Å². The molecule has 0 aromatic rings. The normalized spacial score (nSPS) is 38.9. The SMILES string of the molecule is O=C(N[C@H]1CCN(C2CCCC2)C1)N1C[C@H]2CCC[C@@H](C1)C2O. The summed E-state index contributed by atoms with van der Waals surface area (Å²) in [4.78, 5) is 17.2. The number of rotatable bonds is 2. The third-order valence-electron chi connectivity index (χ3n) is 6.70. The van der Waals surface area contributed by atoms with Crippen LogP contribution in [0.5, 0.6) is 0 Å². The number of hydrogen-bond donors (Lipinski definition) is 2. The first-order valence-corrected chi connectivity index (χ1v) is 9.68. The molecule has 5 nitrogen and oxygen atoms in total. The van der Waals surface area contributed by atoms with Gasteiger partial charge >= 0.3 is 6.03 Å². The zero-order valence-electron chi connectivity index (χ0n) is 14.1. The molecule has 0 aromatic carbocycles. The van der Waals surface area contributed by atoms with Crippen molar-refractivity contribution in [3.05, 3.63) is 0 Å². The van der Waals surface area contributed by atoms with E-state index in [0.29, 0.717) is 17.9 Å². The molecule has 5 heteroatoms. The van der Waals surface area contributed by atoms with Crippen molar-refractivity contribution in [2.45, 2.75) is 69.6 Å². The van der Waals surface area contributed by atoms with Crippen LogP contribution in [0.2, 0.25) is 0 Å². The summed E-state index contributed by atoms with van der Waals surface area (Å²) in [5, 5.41) is 13.5. The van der Waals surface area contributed by atoms with Gasteiger partial charge in [-0.05, 0) is 32.1 Å². The second kappa shape index (κ2) is 6.60. The van der Waals surface area contributed by atoms with Crippen LogP contribution in [0.3, 0.4) is 0 Å². The molecule has 0 aromatic heterocycles. The molecule has 2 N–H and O–H groups in total. The summed E-state index contributed by atoms with van der Waals surface area (Å²) in [5.74, 6) is 0.596. The van der Waals surface area contributed by atoms with Gasteiger partial charge in [-0.3, -0.25) is 4.90 Å². The van der Waals surface area contributed by atoms with Crippen LogP contribution < -0.4 is 5.32 Å². The van der Waals surface area contributed by atoms with E-state index in [2.05, 4.69) is 10.2 Å². The fraction of sp³-hybridized carbons (Fsp3) is 0.944. The lowest BCUT2D eigenvalue weighted by Crippen LogP contribution is -2.56. The lowest BCUT2D eigenvalue weighted by atomic mass is 9.75. The Morgan fingerprint density at radius 3 is 2.30 bits per heavy atom. The number of fused-ring (bicyclic) bond motifs is 2. The van der Waals surface area contributed by atoms with Crippen LogP contribution in [-0.4, -0.2) is 65.3 Å². The molecule has 1 unspecified atom stereocenters. The first-order chi connectivity index (χ1) is 11.2. The van der Waals surface area contributed by atoms with Crippen LogP contribution in [0.1, 0.15) is 51.4 Å². The van der Waals surface area contributed by atoms with E-state index in [0.717, 1.165) is 51.5 Å². The average Bonchev–Trinajstić information content (AvgIpc) is 3.17. The predicted molar refractivity (Wildman–Crippen MR) is 89.2 cm³/mol. The molecular weight excluding hydrogens is 290 g/mol. The summed E-state index contributed by atoms with van der Waals surface area (Å²) in [7, 11) is 0.